The summed E-state index contributed by atoms with van der Waals surface area (Å²) in [6.07, 6.45) is 4.11. The highest BCUT2D eigenvalue weighted by molar-refractivity contribution is 5.31. The molecule has 1 atom stereocenters. The lowest BCUT2D eigenvalue weighted by molar-refractivity contribution is 0.302. The van der Waals surface area contributed by atoms with Gasteiger partial charge in [-0.05, 0) is 56.0 Å². The summed E-state index contributed by atoms with van der Waals surface area (Å²) in [6.45, 7) is 6.57. The van der Waals surface area contributed by atoms with Crippen molar-refractivity contribution >= 4 is 0 Å². The molecular weight excluding hydrogens is 210 g/mol. The molecule has 1 saturated carbocycles. The van der Waals surface area contributed by atoms with Crippen molar-refractivity contribution < 1.29 is 4.74 Å². The van der Waals surface area contributed by atoms with Gasteiger partial charge in [0.25, 0.3) is 0 Å². The maximum absolute atomic E-state index is 5.83. The van der Waals surface area contributed by atoms with Gasteiger partial charge in [-0.25, -0.2) is 0 Å². The molecule has 2 rings (SSSR count). The highest BCUT2D eigenvalue weighted by atomic mass is 16.5. The van der Waals surface area contributed by atoms with E-state index in [1.165, 1.54) is 24.8 Å². The van der Waals surface area contributed by atoms with E-state index in [9.17, 15) is 0 Å². The summed E-state index contributed by atoms with van der Waals surface area (Å²) in [5.41, 5.74) is 1.39. The Bertz CT molecular complexity index is 347. The first-order chi connectivity index (χ1) is 8.29. The Morgan fingerprint density at radius 3 is 2.94 bits per heavy atom. The lowest BCUT2D eigenvalue weighted by Crippen LogP contribution is -2.15. The van der Waals surface area contributed by atoms with Gasteiger partial charge in [-0.2, -0.15) is 0 Å². The number of nitrogens with one attached hydrogen (secondary N) is 1. The first-order valence-corrected chi connectivity index (χ1v) is 6.77. The quantitative estimate of drug-likeness (QED) is 0.729. The number of hydrogen-bond acceptors (Lipinski definition) is 2. The summed E-state index contributed by atoms with van der Waals surface area (Å²) < 4.78 is 5.83. The van der Waals surface area contributed by atoms with Crippen molar-refractivity contribution in [2.24, 2.45) is 0 Å². The second-order valence-electron chi connectivity index (χ2n) is 4.93. The summed E-state index contributed by atoms with van der Waals surface area (Å²) in [6, 6.07) is 8.58. The molecule has 0 saturated heterocycles. The molecule has 0 aromatic heterocycles. The number of hydrogen-bond donors (Lipinski definition) is 1. The van der Waals surface area contributed by atoms with Gasteiger partial charge in [0, 0.05) is 0 Å². The minimum atomic E-state index is 0.488. The number of benzene rings is 1. The molecule has 1 aromatic carbocycles. The summed E-state index contributed by atoms with van der Waals surface area (Å²) >= 11 is 0. The molecule has 0 bridgehead atoms. The van der Waals surface area contributed by atoms with Crippen LogP contribution in [0, 0.1) is 0 Å². The number of ether oxygens (including phenoxy) is 1. The van der Waals surface area contributed by atoms with Crippen LogP contribution in [-0.4, -0.2) is 19.2 Å². The molecule has 2 heteroatoms. The minimum Gasteiger partial charge on any atom is -0.490 e. The monoisotopic (exact) mass is 233 g/mol. The van der Waals surface area contributed by atoms with E-state index < -0.39 is 0 Å². The van der Waals surface area contributed by atoms with E-state index in [4.69, 9.17) is 4.74 Å². The molecule has 0 heterocycles. The molecule has 0 amide bonds. The van der Waals surface area contributed by atoms with E-state index in [0.29, 0.717) is 12.0 Å². The maximum atomic E-state index is 5.83. The highest BCUT2D eigenvalue weighted by Gasteiger charge is 2.23. The van der Waals surface area contributed by atoms with Gasteiger partial charge < -0.3 is 10.1 Å². The van der Waals surface area contributed by atoms with Crippen LogP contribution in [0.1, 0.15) is 44.6 Å². The summed E-state index contributed by atoms with van der Waals surface area (Å²) in [5.74, 6) is 1.64. The van der Waals surface area contributed by atoms with Crippen LogP contribution in [0.5, 0.6) is 5.75 Å². The average molecular weight is 233 g/mol. The van der Waals surface area contributed by atoms with Gasteiger partial charge in [0.2, 0.25) is 0 Å². The highest BCUT2D eigenvalue weighted by Crippen LogP contribution is 2.29. The molecule has 1 N–H and O–H groups in total. The zero-order chi connectivity index (χ0) is 12.1. The summed E-state index contributed by atoms with van der Waals surface area (Å²) in [4.78, 5) is 0. The standard InChI is InChI=1S/C15H23NO/c1-3-16-10-9-12(2)13-5-4-6-15(11-13)17-14-7-8-14/h4-6,11-12,14,16H,3,7-10H2,1-2H3. The van der Waals surface area contributed by atoms with E-state index in [1.54, 1.807) is 0 Å². The van der Waals surface area contributed by atoms with Crippen LogP contribution in [0.25, 0.3) is 0 Å². The SMILES string of the molecule is CCNCCC(C)c1cccc(OC2CC2)c1. The Balaban J connectivity index is 1.89. The molecule has 1 unspecified atom stereocenters. The van der Waals surface area contributed by atoms with Crippen LogP contribution in [0.15, 0.2) is 24.3 Å². The van der Waals surface area contributed by atoms with Crippen LogP contribution in [0.3, 0.4) is 0 Å². The molecule has 0 aliphatic heterocycles. The van der Waals surface area contributed by atoms with Crippen LogP contribution in [0.2, 0.25) is 0 Å². The predicted molar refractivity (Wildman–Crippen MR) is 71.7 cm³/mol. The number of rotatable bonds is 7. The Labute approximate surface area is 104 Å². The smallest absolute Gasteiger partial charge is 0.119 e. The second kappa shape index (κ2) is 6.06. The van der Waals surface area contributed by atoms with Crippen molar-refractivity contribution in [2.45, 2.75) is 45.1 Å². The zero-order valence-corrected chi connectivity index (χ0v) is 10.9. The van der Waals surface area contributed by atoms with Gasteiger partial charge >= 0.3 is 0 Å². The molecule has 1 fully saturated rings. The van der Waals surface area contributed by atoms with Crippen LogP contribution in [0.4, 0.5) is 0 Å². The minimum absolute atomic E-state index is 0.488. The van der Waals surface area contributed by atoms with Crippen molar-refractivity contribution in [1.82, 2.24) is 5.32 Å². The molecule has 1 aliphatic carbocycles. The molecule has 0 radical (unpaired) electrons. The third-order valence-electron chi connectivity index (χ3n) is 3.26. The fourth-order valence-corrected chi connectivity index (χ4v) is 1.93. The van der Waals surface area contributed by atoms with E-state index >= 15 is 0 Å². The van der Waals surface area contributed by atoms with Crippen LogP contribution in [-0.2, 0) is 0 Å². The molecule has 2 nitrogen and oxygen atoms in total. The normalized spacial score (nSPS) is 16.8. The van der Waals surface area contributed by atoms with E-state index in [2.05, 4.69) is 43.4 Å². The Hall–Kier alpha value is -1.02. The Morgan fingerprint density at radius 2 is 2.24 bits per heavy atom. The molecule has 1 aromatic rings. The molecule has 1 aliphatic rings. The summed E-state index contributed by atoms with van der Waals surface area (Å²) in [5, 5.41) is 3.37. The van der Waals surface area contributed by atoms with Gasteiger partial charge in [-0.3, -0.25) is 0 Å². The third kappa shape index (κ3) is 4.04. The van der Waals surface area contributed by atoms with Crippen molar-refractivity contribution in [3.63, 3.8) is 0 Å². The van der Waals surface area contributed by atoms with E-state index in [0.717, 1.165) is 18.8 Å². The zero-order valence-electron chi connectivity index (χ0n) is 10.9. The average Bonchev–Trinajstić information content (AvgIpc) is 3.13. The van der Waals surface area contributed by atoms with Gasteiger partial charge in [0.05, 0.1) is 6.10 Å². The van der Waals surface area contributed by atoms with Gasteiger partial charge in [0.15, 0.2) is 0 Å². The van der Waals surface area contributed by atoms with Gasteiger partial charge in [-0.1, -0.05) is 26.0 Å². The molecule has 0 spiro atoms. The Morgan fingerprint density at radius 1 is 1.41 bits per heavy atom. The molecule has 94 valence electrons. The van der Waals surface area contributed by atoms with E-state index in [-0.39, 0.29) is 0 Å². The van der Waals surface area contributed by atoms with Crippen molar-refractivity contribution in [3.8, 4) is 5.75 Å². The molecular formula is C15H23NO. The van der Waals surface area contributed by atoms with Crippen molar-refractivity contribution in [3.05, 3.63) is 29.8 Å². The Kier molecular flexibility index (Phi) is 4.43. The van der Waals surface area contributed by atoms with Gasteiger partial charge in [-0.15, -0.1) is 0 Å². The summed E-state index contributed by atoms with van der Waals surface area (Å²) in [7, 11) is 0. The lowest BCUT2D eigenvalue weighted by Gasteiger charge is -2.13. The molecule has 17 heavy (non-hydrogen) atoms. The second-order valence-corrected chi connectivity index (χ2v) is 4.93. The third-order valence-corrected chi connectivity index (χ3v) is 3.26. The predicted octanol–water partition coefficient (Wildman–Crippen LogP) is 3.33. The first-order valence-electron chi connectivity index (χ1n) is 6.77. The lowest BCUT2D eigenvalue weighted by atomic mass is 9.97. The van der Waals surface area contributed by atoms with Crippen molar-refractivity contribution in [2.75, 3.05) is 13.1 Å². The fraction of sp³-hybridized carbons (Fsp3) is 0.600. The first kappa shape index (κ1) is 12.4. The topological polar surface area (TPSA) is 21.3 Å². The maximum Gasteiger partial charge on any atom is 0.119 e. The van der Waals surface area contributed by atoms with Crippen LogP contribution >= 0.6 is 0 Å². The van der Waals surface area contributed by atoms with Crippen LogP contribution < -0.4 is 10.1 Å². The largest absolute Gasteiger partial charge is 0.490 e. The van der Waals surface area contributed by atoms with Gasteiger partial charge in [0.1, 0.15) is 5.75 Å². The van der Waals surface area contributed by atoms with Crippen molar-refractivity contribution in [1.29, 1.82) is 0 Å². The fourth-order valence-electron chi connectivity index (χ4n) is 1.93. The van der Waals surface area contributed by atoms with E-state index in [1.807, 2.05) is 0 Å².